The zero-order valence-electron chi connectivity index (χ0n) is 18.7. The molecule has 0 aliphatic carbocycles. The molecule has 3 radical (unpaired) electrons. The molecular weight excluding hydrogens is 431 g/mol. The lowest BCUT2D eigenvalue weighted by Gasteiger charge is -2.30. The summed E-state index contributed by atoms with van der Waals surface area (Å²) in [5.74, 6) is 1.93. The molecule has 0 saturated heterocycles. The van der Waals surface area contributed by atoms with Gasteiger partial charge in [0.2, 0.25) is 0 Å². The fourth-order valence-electron chi connectivity index (χ4n) is 3.38. The number of para-hydroxylation sites is 4. The number of benzene rings is 2. The molecule has 2 aromatic heterocycles. The molecule has 2 aliphatic heterocycles. The fraction of sp³-hybridized carbons (Fsp3) is 0.208. The number of nitrogens with zero attached hydrogens (tertiary/aromatic N) is 3. The molecule has 9 nitrogen and oxygen atoms in total. The predicted molar refractivity (Wildman–Crippen MR) is 132 cm³/mol. The standard InChI is InChI=1S/C12H13N3O.C8H9NO.C4H4N2O.B/c1-2-4-12-11(3-1)15(5-6-16-12)8-10-7-13-9-14-10;1-2-4-8-7(3-1)9-5-6-10-8;7-2-4-1-5-3-6-4;/h1-4,7,9H,5-6,8H2,(H,13,14);1-4,9H,5-6H2;1-3H,(H,5,6);. The van der Waals surface area contributed by atoms with Crippen molar-refractivity contribution in [1.82, 2.24) is 19.9 Å². The summed E-state index contributed by atoms with van der Waals surface area (Å²) in [5, 5.41) is 3.24. The number of carbonyl (C=O) groups excluding carboxylic acids is 1. The molecule has 0 saturated carbocycles. The molecule has 2 aromatic carbocycles. The first-order valence-corrected chi connectivity index (χ1v) is 10.7. The summed E-state index contributed by atoms with van der Waals surface area (Å²) in [6, 6.07) is 16.1. The van der Waals surface area contributed by atoms with Crippen LogP contribution in [0.2, 0.25) is 0 Å². The van der Waals surface area contributed by atoms with Crippen molar-refractivity contribution in [2.24, 2.45) is 0 Å². The third-order valence-electron chi connectivity index (χ3n) is 4.95. The van der Waals surface area contributed by atoms with Crippen LogP contribution in [0.3, 0.4) is 0 Å². The van der Waals surface area contributed by atoms with Crippen molar-refractivity contribution in [3.8, 4) is 11.5 Å². The van der Waals surface area contributed by atoms with Gasteiger partial charge in [-0.1, -0.05) is 24.3 Å². The van der Waals surface area contributed by atoms with E-state index in [1.54, 1.807) is 6.33 Å². The van der Waals surface area contributed by atoms with E-state index in [1.165, 1.54) is 12.5 Å². The van der Waals surface area contributed by atoms with Crippen molar-refractivity contribution in [2.75, 3.05) is 36.5 Å². The van der Waals surface area contributed by atoms with E-state index in [2.05, 4.69) is 36.2 Å². The van der Waals surface area contributed by atoms with Crippen molar-refractivity contribution < 1.29 is 14.3 Å². The number of rotatable bonds is 3. The van der Waals surface area contributed by atoms with Gasteiger partial charge in [0, 0.05) is 21.2 Å². The maximum atomic E-state index is 9.80. The molecular formula is C24H26BN6O3. The number of H-pyrrole nitrogens is 2. The molecule has 173 valence electrons. The van der Waals surface area contributed by atoms with E-state index in [0.717, 1.165) is 61.4 Å². The van der Waals surface area contributed by atoms with Crippen LogP contribution < -0.4 is 19.7 Å². The van der Waals surface area contributed by atoms with Gasteiger partial charge in [-0.25, -0.2) is 9.97 Å². The summed E-state index contributed by atoms with van der Waals surface area (Å²) in [6.45, 7) is 4.19. The molecule has 10 heteroatoms. The van der Waals surface area contributed by atoms with Crippen molar-refractivity contribution in [3.63, 3.8) is 0 Å². The summed E-state index contributed by atoms with van der Waals surface area (Å²) in [7, 11) is 0. The van der Waals surface area contributed by atoms with E-state index < -0.39 is 0 Å². The summed E-state index contributed by atoms with van der Waals surface area (Å²) in [5.41, 5.74) is 3.90. The minimum absolute atomic E-state index is 0. The smallest absolute Gasteiger partial charge is 0.167 e. The third-order valence-corrected chi connectivity index (χ3v) is 4.95. The number of hydrogen-bond acceptors (Lipinski definition) is 7. The molecule has 0 atom stereocenters. The first kappa shape index (κ1) is 24.4. The maximum absolute atomic E-state index is 9.80. The minimum Gasteiger partial charge on any atom is -0.490 e. The van der Waals surface area contributed by atoms with Gasteiger partial charge in [-0.05, 0) is 24.3 Å². The number of hydrogen-bond donors (Lipinski definition) is 3. The fourth-order valence-corrected chi connectivity index (χ4v) is 3.38. The Balaban J connectivity index is 0.000000155. The third kappa shape index (κ3) is 6.65. The van der Waals surface area contributed by atoms with Crippen LogP contribution in [0.1, 0.15) is 16.2 Å². The second-order valence-corrected chi connectivity index (χ2v) is 7.21. The highest BCUT2D eigenvalue weighted by atomic mass is 16.5. The van der Waals surface area contributed by atoms with Crippen molar-refractivity contribution in [1.29, 1.82) is 0 Å². The second-order valence-electron chi connectivity index (χ2n) is 7.21. The topological polar surface area (TPSA) is 108 Å². The van der Waals surface area contributed by atoms with Gasteiger partial charge < -0.3 is 29.7 Å². The highest BCUT2D eigenvalue weighted by molar-refractivity contribution is 5.75. The first-order chi connectivity index (χ1) is 16.3. The Morgan fingerprint density at radius 2 is 1.65 bits per heavy atom. The van der Waals surface area contributed by atoms with Gasteiger partial charge in [0.1, 0.15) is 24.7 Å². The molecule has 3 N–H and O–H groups in total. The molecule has 2 aliphatic rings. The Bertz CT molecular complexity index is 1100. The molecule has 4 heterocycles. The normalized spacial score (nSPS) is 12.9. The number of carbonyl (C=O) groups is 1. The van der Waals surface area contributed by atoms with Crippen LogP contribution in [0.25, 0.3) is 0 Å². The monoisotopic (exact) mass is 457 g/mol. The van der Waals surface area contributed by atoms with Gasteiger partial charge in [0.15, 0.2) is 6.29 Å². The lowest BCUT2D eigenvalue weighted by Crippen LogP contribution is -2.32. The minimum atomic E-state index is 0. The van der Waals surface area contributed by atoms with E-state index in [9.17, 15) is 4.79 Å². The lowest BCUT2D eigenvalue weighted by atomic mass is 10.2. The van der Waals surface area contributed by atoms with Gasteiger partial charge in [-0.15, -0.1) is 0 Å². The number of ether oxygens (including phenoxy) is 2. The highest BCUT2D eigenvalue weighted by Gasteiger charge is 2.17. The summed E-state index contributed by atoms with van der Waals surface area (Å²) >= 11 is 0. The Kier molecular flexibility index (Phi) is 9.15. The van der Waals surface area contributed by atoms with Crippen molar-refractivity contribution >= 4 is 26.1 Å². The maximum Gasteiger partial charge on any atom is 0.167 e. The Morgan fingerprint density at radius 3 is 2.35 bits per heavy atom. The van der Waals surface area contributed by atoms with Crippen LogP contribution in [0.15, 0.2) is 73.6 Å². The highest BCUT2D eigenvalue weighted by Crippen LogP contribution is 2.31. The molecule has 6 rings (SSSR count). The number of fused-ring (bicyclic) bond motifs is 2. The van der Waals surface area contributed by atoms with E-state index in [-0.39, 0.29) is 8.41 Å². The zero-order chi connectivity index (χ0) is 22.7. The number of aromatic amines is 2. The largest absolute Gasteiger partial charge is 0.490 e. The van der Waals surface area contributed by atoms with E-state index >= 15 is 0 Å². The second kappa shape index (κ2) is 12.7. The Labute approximate surface area is 200 Å². The van der Waals surface area contributed by atoms with Crippen LogP contribution in [0.4, 0.5) is 11.4 Å². The average molecular weight is 457 g/mol. The zero-order valence-corrected chi connectivity index (χ0v) is 18.7. The molecule has 0 spiro atoms. The molecule has 0 fully saturated rings. The average Bonchev–Trinajstić information content (AvgIpc) is 3.60. The summed E-state index contributed by atoms with van der Waals surface area (Å²) in [6.07, 6.45) is 7.21. The van der Waals surface area contributed by atoms with Gasteiger partial charge in [0.05, 0.1) is 54.7 Å². The van der Waals surface area contributed by atoms with Gasteiger partial charge in [-0.2, -0.15) is 0 Å². The lowest BCUT2D eigenvalue weighted by molar-refractivity contribution is 0.111. The molecule has 4 aromatic rings. The van der Waals surface area contributed by atoms with Crippen LogP contribution in [-0.2, 0) is 6.54 Å². The number of aldehydes is 1. The van der Waals surface area contributed by atoms with Crippen LogP contribution in [-0.4, -0.2) is 60.9 Å². The van der Waals surface area contributed by atoms with Crippen molar-refractivity contribution in [2.45, 2.75) is 6.54 Å². The van der Waals surface area contributed by atoms with Crippen molar-refractivity contribution in [3.05, 3.63) is 85.0 Å². The van der Waals surface area contributed by atoms with E-state index in [1.807, 2.05) is 48.7 Å². The molecule has 0 bridgehead atoms. The quantitative estimate of drug-likeness (QED) is 0.321. The molecule has 0 amide bonds. The summed E-state index contributed by atoms with van der Waals surface area (Å²) < 4.78 is 11.0. The first-order valence-electron chi connectivity index (χ1n) is 10.7. The van der Waals surface area contributed by atoms with Gasteiger partial charge in [-0.3, -0.25) is 4.79 Å². The Morgan fingerprint density at radius 1 is 0.912 bits per heavy atom. The Hall–Kier alpha value is -4.21. The van der Waals surface area contributed by atoms with Crippen LogP contribution >= 0.6 is 0 Å². The van der Waals surface area contributed by atoms with Crippen LogP contribution in [0, 0.1) is 0 Å². The van der Waals surface area contributed by atoms with E-state index in [4.69, 9.17) is 9.47 Å². The number of imidazole rings is 2. The number of nitrogens with one attached hydrogen (secondary N) is 3. The van der Waals surface area contributed by atoms with Gasteiger partial charge in [0.25, 0.3) is 0 Å². The number of anilines is 2. The van der Waals surface area contributed by atoms with Crippen LogP contribution in [0.5, 0.6) is 11.5 Å². The van der Waals surface area contributed by atoms with E-state index in [0.29, 0.717) is 12.0 Å². The SMILES string of the molecule is O=Cc1cnc[nH]1.[B].c1ccc2c(c1)NCCO2.c1ccc2c(c1)OCCN2Cc1cnc[nH]1. The number of aromatic nitrogens is 4. The molecule has 34 heavy (non-hydrogen) atoms. The van der Waals surface area contributed by atoms with Gasteiger partial charge >= 0.3 is 0 Å². The predicted octanol–water partition coefficient (Wildman–Crippen LogP) is 3.14. The summed E-state index contributed by atoms with van der Waals surface area (Å²) in [4.78, 5) is 25.5. The molecule has 0 unspecified atom stereocenters.